The second-order valence-electron chi connectivity index (χ2n) is 3.36. The van der Waals surface area contributed by atoms with Crippen LogP contribution in [0.25, 0.3) is 0 Å². The molecule has 1 rings (SSSR count). The van der Waals surface area contributed by atoms with Gasteiger partial charge in [0.1, 0.15) is 0 Å². The minimum atomic E-state index is -0.987. The molecule has 1 aromatic rings. The third-order valence-electron chi connectivity index (χ3n) is 1.89. The smallest absolute Gasteiger partial charge is 0.304 e. The number of hydrogen-bond acceptors (Lipinski definition) is 3. The van der Waals surface area contributed by atoms with Gasteiger partial charge in [-0.2, -0.15) is 5.10 Å². The first kappa shape index (κ1) is 11.2. The van der Waals surface area contributed by atoms with Crippen molar-refractivity contribution in [2.24, 2.45) is 13.0 Å². The zero-order valence-corrected chi connectivity index (χ0v) is 8.60. The van der Waals surface area contributed by atoms with Crippen LogP contribution in [0.1, 0.15) is 13.3 Å². The summed E-state index contributed by atoms with van der Waals surface area (Å²) in [5.74, 6) is -1.46. The van der Waals surface area contributed by atoms with Crippen LogP contribution in [-0.2, 0) is 16.6 Å². The first-order chi connectivity index (χ1) is 6.99. The Morgan fingerprint density at radius 3 is 2.80 bits per heavy atom. The van der Waals surface area contributed by atoms with E-state index in [1.54, 1.807) is 30.9 Å². The van der Waals surface area contributed by atoms with Crippen LogP contribution in [0.2, 0.25) is 0 Å². The first-order valence-corrected chi connectivity index (χ1v) is 4.51. The van der Waals surface area contributed by atoms with E-state index in [0.29, 0.717) is 5.82 Å². The molecule has 0 saturated heterocycles. The highest BCUT2D eigenvalue weighted by Gasteiger charge is 2.16. The van der Waals surface area contributed by atoms with Gasteiger partial charge in [0, 0.05) is 25.2 Å². The molecular formula is C9H13N3O3. The number of carboxylic acid groups (broad SMARTS) is 1. The number of aliphatic carboxylic acids is 1. The molecule has 2 N–H and O–H groups in total. The van der Waals surface area contributed by atoms with E-state index in [2.05, 4.69) is 10.4 Å². The minimum Gasteiger partial charge on any atom is -0.481 e. The molecule has 0 aliphatic rings. The molecule has 0 bridgehead atoms. The van der Waals surface area contributed by atoms with Crippen LogP contribution in [0.3, 0.4) is 0 Å². The van der Waals surface area contributed by atoms with Gasteiger partial charge in [0.15, 0.2) is 5.82 Å². The van der Waals surface area contributed by atoms with Crippen LogP contribution < -0.4 is 5.32 Å². The van der Waals surface area contributed by atoms with Gasteiger partial charge in [-0.1, -0.05) is 6.92 Å². The molecule has 0 aromatic carbocycles. The van der Waals surface area contributed by atoms with Crippen molar-refractivity contribution in [2.75, 3.05) is 5.32 Å². The van der Waals surface area contributed by atoms with Crippen LogP contribution in [0, 0.1) is 5.92 Å². The van der Waals surface area contributed by atoms with E-state index in [-0.39, 0.29) is 12.3 Å². The summed E-state index contributed by atoms with van der Waals surface area (Å²) in [6, 6.07) is 1.64. The number of aromatic nitrogens is 2. The number of hydrogen-bond donors (Lipinski definition) is 2. The molecule has 6 nitrogen and oxygen atoms in total. The molecule has 82 valence electrons. The van der Waals surface area contributed by atoms with Gasteiger partial charge in [0.2, 0.25) is 5.91 Å². The average molecular weight is 211 g/mol. The summed E-state index contributed by atoms with van der Waals surface area (Å²) < 4.78 is 1.55. The number of rotatable bonds is 4. The van der Waals surface area contributed by atoms with Gasteiger partial charge in [-0.05, 0) is 0 Å². The van der Waals surface area contributed by atoms with Crippen molar-refractivity contribution >= 4 is 17.7 Å². The monoisotopic (exact) mass is 211 g/mol. The second kappa shape index (κ2) is 4.59. The lowest BCUT2D eigenvalue weighted by atomic mass is 10.1. The molecule has 0 aliphatic heterocycles. The number of carbonyl (C=O) groups is 2. The fourth-order valence-electron chi connectivity index (χ4n) is 1.09. The molecule has 0 saturated carbocycles. The summed E-state index contributed by atoms with van der Waals surface area (Å²) in [5, 5.41) is 15.0. The van der Waals surface area contributed by atoms with E-state index in [4.69, 9.17) is 5.11 Å². The molecule has 0 unspecified atom stereocenters. The molecular weight excluding hydrogens is 198 g/mol. The van der Waals surface area contributed by atoms with Crippen LogP contribution in [-0.4, -0.2) is 26.8 Å². The maximum absolute atomic E-state index is 11.4. The number of nitrogens with zero attached hydrogens (tertiary/aromatic N) is 2. The molecule has 6 heteroatoms. The van der Waals surface area contributed by atoms with E-state index in [9.17, 15) is 9.59 Å². The van der Waals surface area contributed by atoms with Crippen LogP contribution >= 0.6 is 0 Å². The Bertz CT molecular complexity index is 372. The van der Waals surface area contributed by atoms with Crippen LogP contribution in [0.5, 0.6) is 0 Å². The van der Waals surface area contributed by atoms with Crippen molar-refractivity contribution in [3.05, 3.63) is 12.3 Å². The Kier molecular flexibility index (Phi) is 3.43. The summed E-state index contributed by atoms with van der Waals surface area (Å²) in [5.41, 5.74) is 0. The summed E-state index contributed by atoms with van der Waals surface area (Å²) in [4.78, 5) is 21.8. The molecule has 1 aromatic heterocycles. The van der Waals surface area contributed by atoms with E-state index in [1.807, 2.05) is 0 Å². The predicted octanol–water partition coefficient (Wildman–Crippen LogP) is 0.469. The summed E-state index contributed by atoms with van der Waals surface area (Å²) in [6.07, 6.45) is 1.51. The number of carbonyl (C=O) groups excluding carboxylic acids is 1. The molecule has 1 heterocycles. The zero-order valence-electron chi connectivity index (χ0n) is 8.60. The van der Waals surface area contributed by atoms with Gasteiger partial charge in [-0.25, -0.2) is 0 Å². The first-order valence-electron chi connectivity index (χ1n) is 4.51. The van der Waals surface area contributed by atoms with E-state index >= 15 is 0 Å². The van der Waals surface area contributed by atoms with E-state index < -0.39 is 11.9 Å². The maximum Gasteiger partial charge on any atom is 0.304 e. The largest absolute Gasteiger partial charge is 0.481 e. The van der Waals surface area contributed by atoms with Gasteiger partial charge < -0.3 is 10.4 Å². The topological polar surface area (TPSA) is 84.2 Å². The Balaban J connectivity index is 2.52. The summed E-state index contributed by atoms with van der Waals surface area (Å²) >= 11 is 0. The van der Waals surface area contributed by atoms with E-state index in [0.717, 1.165) is 0 Å². The Hall–Kier alpha value is -1.85. The maximum atomic E-state index is 11.4. The number of amides is 1. The van der Waals surface area contributed by atoms with Crippen LogP contribution in [0.15, 0.2) is 12.3 Å². The molecule has 1 atom stereocenters. The number of aryl methyl sites for hydroxylation is 1. The summed E-state index contributed by atoms with van der Waals surface area (Å²) in [6.45, 7) is 1.56. The molecule has 1 amide bonds. The lowest BCUT2D eigenvalue weighted by Crippen LogP contribution is -2.23. The molecule has 0 fully saturated rings. The van der Waals surface area contributed by atoms with Crippen molar-refractivity contribution in [2.45, 2.75) is 13.3 Å². The lowest BCUT2D eigenvalue weighted by Gasteiger charge is -2.07. The molecule has 0 radical (unpaired) electrons. The van der Waals surface area contributed by atoms with Crippen molar-refractivity contribution < 1.29 is 14.7 Å². The zero-order chi connectivity index (χ0) is 11.4. The number of anilines is 1. The normalized spacial score (nSPS) is 12.1. The van der Waals surface area contributed by atoms with Gasteiger partial charge in [-0.15, -0.1) is 0 Å². The standard InChI is InChI=1S/C9H13N3O3/c1-6(5-8(13)14)9(15)10-7-3-4-12(2)11-7/h3-4,6H,5H2,1-2H3,(H,13,14)(H,10,11,15)/t6-/m1/s1. The van der Waals surface area contributed by atoms with Crippen molar-refractivity contribution in [1.82, 2.24) is 9.78 Å². The van der Waals surface area contributed by atoms with Gasteiger partial charge in [0.05, 0.1) is 6.42 Å². The Labute approximate surface area is 86.9 Å². The van der Waals surface area contributed by atoms with Crippen molar-refractivity contribution in [1.29, 1.82) is 0 Å². The van der Waals surface area contributed by atoms with Gasteiger partial charge in [-0.3, -0.25) is 14.3 Å². The molecule has 15 heavy (non-hydrogen) atoms. The lowest BCUT2D eigenvalue weighted by molar-refractivity contribution is -0.139. The van der Waals surface area contributed by atoms with Gasteiger partial charge >= 0.3 is 5.97 Å². The van der Waals surface area contributed by atoms with Gasteiger partial charge in [0.25, 0.3) is 0 Å². The quantitative estimate of drug-likeness (QED) is 0.758. The van der Waals surface area contributed by atoms with E-state index in [1.165, 1.54) is 0 Å². The summed E-state index contributed by atoms with van der Waals surface area (Å²) in [7, 11) is 1.73. The Morgan fingerprint density at radius 1 is 1.67 bits per heavy atom. The highest BCUT2D eigenvalue weighted by molar-refractivity contribution is 5.93. The fraction of sp³-hybridized carbons (Fsp3) is 0.444. The SMILES string of the molecule is C[C@H](CC(=O)O)C(=O)Nc1ccn(C)n1. The Morgan fingerprint density at radius 2 is 2.33 bits per heavy atom. The average Bonchev–Trinajstić information content (AvgIpc) is 2.50. The highest BCUT2D eigenvalue weighted by Crippen LogP contribution is 2.07. The second-order valence-corrected chi connectivity index (χ2v) is 3.36. The predicted molar refractivity (Wildman–Crippen MR) is 53.3 cm³/mol. The van der Waals surface area contributed by atoms with Crippen molar-refractivity contribution in [3.63, 3.8) is 0 Å². The highest BCUT2D eigenvalue weighted by atomic mass is 16.4. The number of nitrogens with one attached hydrogen (secondary N) is 1. The van der Waals surface area contributed by atoms with Crippen LogP contribution in [0.4, 0.5) is 5.82 Å². The minimum absolute atomic E-state index is 0.182. The van der Waals surface area contributed by atoms with Crippen molar-refractivity contribution in [3.8, 4) is 0 Å². The third kappa shape index (κ3) is 3.41. The molecule has 0 aliphatic carbocycles. The molecule has 0 spiro atoms. The fourth-order valence-corrected chi connectivity index (χ4v) is 1.09. The number of carboxylic acids is 1. The third-order valence-corrected chi connectivity index (χ3v) is 1.89.